The normalized spacial score (nSPS) is 12.7. The van der Waals surface area contributed by atoms with Crippen molar-refractivity contribution in [1.82, 2.24) is 4.98 Å². The van der Waals surface area contributed by atoms with Crippen LogP contribution in [0.3, 0.4) is 0 Å². The maximum atomic E-state index is 13.3. The summed E-state index contributed by atoms with van der Waals surface area (Å²) in [5, 5.41) is 3.41. The van der Waals surface area contributed by atoms with E-state index in [2.05, 4.69) is 10.3 Å². The van der Waals surface area contributed by atoms with Gasteiger partial charge >= 0.3 is 5.97 Å². The number of pyridine rings is 1. The van der Waals surface area contributed by atoms with Crippen molar-refractivity contribution in [2.24, 2.45) is 0 Å². The van der Waals surface area contributed by atoms with Gasteiger partial charge in [0.15, 0.2) is 0 Å². The van der Waals surface area contributed by atoms with Gasteiger partial charge in [-0.25, -0.2) is 4.98 Å². The molecule has 2 heterocycles. The maximum Gasteiger partial charge on any atom is 0.305 e. The molecule has 1 aliphatic rings. The fourth-order valence-corrected chi connectivity index (χ4v) is 4.47. The van der Waals surface area contributed by atoms with Crippen LogP contribution in [0.15, 0.2) is 60.8 Å². The summed E-state index contributed by atoms with van der Waals surface area (Å²) in [4.78, 5) is 43.8. The first-order valence-corrected chi connectivity index (χ1v) is 13.1. The lowest BCUT2D eigenvalue weighted by Crippen LogP contribution is -2.31. The van der Waals surface area contributed by atoms with Crippen LogP contribution in [0, 0.1) is 0 Å². The van der Waals surface area contributed by atoms with Crippen molar-refractivity contribution >= 4 is 40.9 Å². The van der Waals surface area contributed by atoms with E-state index in [1.807, 2.05) is 12.1 Å². The molecule has 0 saturated heterocycles. The minimum Gasteiger partial charge on any atom is -0.493 e. The van der Waals surface area contributed by atoms with Crippen LogP contribution in [-0.2, 0) is 16.0 Å². The highest BCUT2D eigenvalue weighted by Gasteiger charge is 2.23. The lowest BCUT2D eigenvalue weighted by molar-refractivity contribution is -0.143. The molecular weight excluding hydrogens is 506 g/mol. The van der Waals surface area contributed by atoms with E-state index in [1.54, 1.807) is 54.3 Å². The molecule has 0 radical (unpaired) electrons. The van der Waals surface area contributed by atoms with Crippen LogP contribution < -0.4 is 15.0 Å². The number of hydrogen-bond acceptors (Lipinski definition) is 6. The number of benzene rings is 2. The molecule has 198 valence electrons. The number of hydrogen-bond donors (Lipinski definition) is 1. The summed E-state index contributed by atoms with van der Waals surface area (Å²) in [5.41, 5.74) is 2.69. The summed E-state index contributed by atoms with van der Waals surface area (Å²) in [6.45, 7) is 2.98. The number of nitrogens with one attached hydrogen (secondary N) is 1. The van der Waals surface area contributed by atoms with Gasteiger partial charge < -0.3 is 19.7 Å². The lowest BCUT2D eigenvalue weighted by atomic mass is 10.1. The zero-order valence-corrected chi connectivity index (χ0v) is 22.0. The molecule has 38 heavy (non-hydrogen) atoms. The zero-order chi connectivity index (χ0) is 26.9. The number of halogens is 1. The number of para-hydroxylation sites is 1. The Morgan fingerprint density at radius 3 is 2.71 bits per heavy atom. The van der Waals surface area contributed by atoms with E-state index in [1.165, 1.54) is 6.20 Å². The van der Waals surface area contributed by atoms with E-state index in [0.717, 1.165) is 30.5 Å². The van der Waals surface area contributed by atoms with Crippen molar-refractivity contribution < 1.29 is 23.9 Å². The van der Waals surface area contributed by atoms with Gasteiger partial charge in [-0.3, -0.25) is 14.4 Å². The number of carbonyl (C=O) groups is 3. The van der Waals surface area contributed by atoms with Gasteiger partial charge in [-0.2, -0.15) is 0 Å². The standard InChI is InChI=1S/C29H30ClN3O5/c1-2-37-27(34)11-7-17-38-25-10-4-3-9-23(25)28(35)32-26-15-12-21(19-31-26)29(36)33-16-6-5-8-20-18-22(30)13-14-24(20)33/h3-4,9-10,12-15,18-19H,2,5-8,11,16-17H2,1H3,(H,31,32,35). The van der Waals surface area contributed by atoms with E-state index in [-0.39, 0.29) is 24.9 Å². The summed E-state index contributed by atoms with van der Waals surface area (Å²) >= 11 is 6.17. The molecule has 4 rings (SSSR count). The molecule has 0 atom stereocenters. The van der Waals surface area contributed by atoms with E-state index in [0.29, 0.717) is 47.3 Å². The predicted octanol–water partition coefficient (Wildman–Crippen LogP) is 5.69. The van der Waals surface area contributed by atoms with Crippen LogP contribution >= 0.6 is 11.6 Å². The molecule has 2 amide bonds. The zero-order valence-electron chi connectivity index (χ0n) is 21.2. The smallest absolute Gasteiger partial charge is 0.305 e. The van der Waals surface area contributed by atoms with E-state index in [4.69, 9.17) is 21.1 Å². The van der Waals surface area contributed by atoms with Gasteiger partial charge in [0.1, 0.15) is 11.6 Å². The van der Waals surface area contributed by atoms with Crippen molar-refractivity contribution in [2.45, 2.75) is 39.0 Å². The SMILES string of the molecule is CCOC(=O)CCCOc1ccccc1C(=O)Nc1ccc(C(=O)N2CCCCc3cc(Cl)ccc32)cn1. The van der Waals surface area contributed by atoms with Crippen LogP contribution in [0.4, 0.5) is 11.5 Å². The Morgan fingerprint density at radius 1 is 1.08 bits per heavy atom. The molecule has 8 nitrogen and oxygen atoms in total. The average molecular weight is 536 g/mol. The summed E-state index contributed by atoms with van der Waals surface area (Å²) in [5.74, 6) is -0.106. The molecule has 0 unspecified atom stereocenters. The van der Waals surface area contributed by atoms with Gasteiger partial charge in [0.05, 0.1) is 24.3 Å². The van der Waals surface area contributed by atoms with Crippen LogP contribution in [0.5, 0.6) is 5.75 Å². The third-order valence-corrected chi connectivity index (χ3v) is 6.36. The van der Waals surface area contributed by atoms with Crippen LogP contribution in [-0.4, -0.2) is 42.5 Å². The first-order chi connectivity index (χ1) is 18.5. The van der Waals surface area contributed by atoms with Crippen LogP contribution in [0.2, 0.25) is 5.02 Å². The second-order valence-corrected chi connectivity index (χ2v) is 9.26. The third kappa shape index (κ3) is 6.89. The highest BCUT2D eigenvalue weighted by atomic mass is 35.5. The Bertz CT molecular complexity index is 1300. The maximum absolute atomic E-state index is 13.3. The average Bonchev–Trinajstić information content (AvgIpc) is 3.13. The molecule has 2 aromatic carbocycles. The second-order valence-electron chi connectivity index (χ2n) is 8.83. The third-order valence-electron chi connectivity index (χ3n) is 6.13. The fourth-order valence-electron chi connectivity index (χ4n) is 4.28. The fraction of sp³-hybridized carbons (Fsp3) is 0.310. The topological polar surface area (TPSA) is 97.8 Å². The highest BCUT2D eigenvalue weighted by molar-refractivity contribution is 6.30. The summed E-state index contributed by atoms with van der Waals surface area (Å²) in [6.07, 6.45) is 4.94. The first-order valence-electron chi connectivity index (χ1n) is 12.7. The molecule has 0 spiro atoms. The van der Waals surface area contributed by atoms with Gasteiger partial charge in [-0.1, -0.05) is 23.7 Å². The van der Waals surface area contributed by atoms with E-state index < -0.39 is 5.91 Å². The summed E-state index contributed by atoms with van der Waals surface area (Å²) in [7, 11) is 0. The number of esters is 1. The van der Waals surface area contributed by atoms with Crippen molar-refractivity contribution in [3.63, 3.8) is 0 Å². The second kappa shape index (κ2) is 13.1. The first kappa shape index (κ1) is 27.1. The molecule has 9 heteroatoms. The predicted molar refractivity (Wildman–Crippen MR) is 146 cm³/mol. The van der Waals surface area contributed by atoms with Crippen molar-refractivity contribution in [3.8, 4) is 5.75 Å². The van der Waals surface area contributed by atoms with Gasteiger partial charge in [-0.05, 0) is 80.6 Å². The Labute approximate surface area is 226 Å². The molecule has 3 aromatic rings. The summed E-state index contributed by atoms with van der Waals surface area (Å²) < 4.78 is 10.7. The Hall–Kier alpha value is -3.91. The Balaban J connectivity index is 1.39. The molecule has 1 aromatic heterocycles. The number of ether oxygens (including phenoxy) is 2. The van der Waals surface area contributed by atoms with Crippen molar-refractivity contribution in [2.75, 3.05) is 30.0 Å². The molecule has 1 aliphatic heterocycles. The molecule has 0 fully saturated rings. The molecule has 0 saturated carbocycles. The van der Waals surface area contributed by atoms with Gasteiger partial charge in [0.25, 0.3) is 11.8 Å². The van der Waals surface area contributed by atoms with E-state index >= 15 is 0 Å². The number of aryl methyl sites for hydroxylation is 1. The van der Waals surface area contributed by atoms with E-state index in [9.17, 15) is 14.4 Å². The summed E-state index contributed by atoms with van der Waals surface area (Å²) in [6, 6.07) is 15.7. The van der Waals surface area contributed by atoms with Crippen LogP contribution in [0.25, 0.3) is 0 Å². The molecular formula is C29H30ClN3O5. The van der Waals surface area contributed by atoms with Gasteiger partial charge in [0.2, 0.25) is 0 Å². The van der Waals surface area contributed by atoms with Crippen molar-refractivity contribution in [1.29, 1.82) is 0 Å². The quantitative estimate of drug-likeness (QED) is 0.279. The number of fused-ring (bicyclic) bond motifs is 1. The minimum atomic E-state index is -0.393. The number of anilines is 2. The number of rotatable bonds is 9. The number of carbonyl (C=O) groups excluding carboxylic acids is 3. The monoisotopic (exact) mass is 535 g/mol. The Morgan fingerprint density at radius 2 is 1.92 bits per heavy atom. The molecule has 1 N–H and O–H groups in total. The highest BCUT2D eigenvalue weighted by Crippen LogP contribution is 2.30. The number of aromatic nitrogens is 1. The largest absolute Gasteiger partial charge is 0.493 e. The minimum absolute atomic E-state index is 0.151. The lowest BCUT2D eigenvalue weighted by Gasteiger charge is -2.23. The molecule has 0 bridgehead atoms. The molecule has 0 aliphatic carbocycles. The Kier molecular flexibility index (Phi) is 9.32. The van der Waals surface area contributed by atoms with Gasteiger partial charge in [-0.15, -0.1) is 0 Å². The van der Waals surface area contributed by atoms with Crippen molar-refractivity contribution in [3.05, 3.63) is 82.5 Å². The van der Waals surface area contributed by atoms with Crippen LogP contribution in [0.1, 0.15) is 58.9 Å². The number of amides is 2. The number of nitrogens with zero attached hydrogens (tertiary/aromatic N) is 2. The van der Waals surface area contributed by atoms with Gasteiger partial charge in [0, 0.05) is 29.9 Å².